The first-order chi connectivity index (χ1) is 18.7. The van der Waals surface area contributed by atoms with Crippen LogP contribution < -0.4 is 0 Å². The minimum Gasteiger partial charge on any atom is -0.481 e. The van der Waals surface area contributed by atoms with Gasteiger partial charge in [-0.05, 0) is 103 Å². The molecule has 0 saturated heterocycles. The molecule has 0 radical (unpaired) electrons. The molecule has 4 fully saturated rings. The lowest BCUT2D eigenvalue weighted by Crippen LogP contribution is -2.63. The van der Waals surface area contributed by atoms with Gasteiger partial charge in [-0.3, -0.25) is 9.59 Å². The van der Waals surface area contributed by atoms with E-state index in [9.17, 15) is 24.3 Å². The van der Waals surface area contributed by atoms with Gasteiger partial charge in [-0.25, -0.2) is 4.79 Å². The number of hydrogen-bond donors (Lipinski definition) is 1. The Balaban J connectivity index is 0.000000470. The topological polar surface area (TPSA) is 107 Å². The van der Waals surface area contributed by atoms with Crippen LogP contribution in [0.2, 0.25) is 0 Å². The van der Waals surface area contributed by atoms with Gasteiger partial charge >= 0.3 is 11.9 Å². The van der Waals surface area contributed by atoms with Crippen LogP contribution in [0.1, 0.15) is 92.4 Å². The van der Waals surface area contributed by atoms with Gasteiger partial charge in [0.2, 0.25) is 0 Å². The largest absolute Gasteiger partial charge is 0.481 e. The van der Waals surface area contributed by atoms with Gasteiger partial charge in [0.1, 0.15) is 12.9 Å². The molecule has 9 unspecified atom stereocenters. The van der Waals surface area contributed by atoms with E-state index in [2.05, 4.69) is 44.1 Å². The van der Waals surface area contributed by atoms with Gasteiger partial charge < -0.3 is 19.4 Å². The molecule has 0 bridgehead atoms. The molecule has 1 N–H and O–H groups in total. The van der Waals surface area contributed by atoms with Gasteiger partial charge in [0.25, 0.3) is 0 Å². The monoisotopic (exact) mass is 558 g/mol. The van der Waals surface area contributed by atoms with Crippen molar-refractivity contribution in [3.8, 4) is 0 Å². The van der Waals surface area contributed by atoms with Gasteiger partial charge in [-0.2, -0.15) is 0 Å². The van der Waals surface area contributed by atoms with Gasteiger partial charge in [0, 0.05) is 18.9 Å². The molecule has 9 atom stereocenters. The van der Waals surface area contributed by atoms with E-state index in [1.807, 2.05) is 6.08 Å². The summed E-state index contributed by atoms with van der Waals surface area (Å²) in [6.45, 7) is 11.6. The average molecular weight is 559 g/mol. The minimum absolute atomic E-state index is 0.00703. The Kier molecular flexibility index (Phi) is 8.50. The number of carboxylic acid groups (broad SMARTS) is 1. The summed E-state index contributed by atoms with van der Waals surface area (Å²) in [6, 6.07) is 0. The number of aldehydes is 1. The molecule has 0 amide bonds. The molecule has 7 heteroatoms. The van der Waals surface area contributed by atoms with Crippen molar-refractivity contribution in [1.29, 1.82) is 0 Å². The number of aliphatic carboxylic acids is 1. The van der Waals surface area contributed by atoms with Crippen LogP contribution >= 0.6 is 0 Å². The van der Waals surface area contributed by atoms with Crippen LogP contribution in [0.4, 0.5) is 0 Å². The molecule has 40 heavy (non-hydrogen) atoms. The second-order valence-electron chi connectivity index (χ2n) is 14.8. The Morgan fingerprint density at radius 2 is 1.60 bits per heavy atom. The Hall–Kier alpha value is -2.02. The van der Waals surface area contributed by atoms with E-state index in [0.29, 0.717) is 18.3 Å². The highest BCUT2D eigenvalue weighted by atomic mass is 16.6. The van der Waals surface area contributed by atoms with Crippen molar-refractivity contribution in [1.82, 2.24) is 0 Å². The maximum atomic E-state index is 14.0. The highest BCUT2D eigenvalue weighted by Gasteiger charge is 2.66. The van der Waals surface area contributed by atoms with E-state index in [1.165, 1.54) is 19.8 Å². The zero-order chi connectivity index (χ0) is 29.7. The Morgan fingerprint density at radius 1 is 0.950 bits per heavy atom. The van der Waals surface area contributed by atoms with Gasteiger partial charge in [0.05, 0.1) is 13.0 Å². The lowest BCUT2D eigenvalue weighted by molar-refractivity contribution is -0.177. The summed E-state index contributed by atoms with van der Waals surface area (Å²) in [5.41, 5.74) is 1.20. The fourth-order valence-corrected chi connectivity index (χ4v) is 10.4. The third kappa shape index (κ3) is 4.88. The molecule has 0 spiro atoms. The molecule has 4 saturated carbocycles. The SMILES string of the molecule is CC12CCC(C(=O)O)CC1C1=CC(=O)C3C(C)(CCC4C(C)(C)C(C=O)CCC43C)C1CC2.COCC(=O)OC. The maximum absolute atomic E-state index is 14.0. The van der Waals surface area contributed by atoms with Crippen LogP contribution in [-0.2, 0) is 28.7 Å². The third-order valence-corrected chi connectivity index (χ3v) is 12.6. The molecule has 7 nitrogen and oxygen atoms in total. The van der Waals surface area contributed by atoms with E-state index in [-0.39, 0.29) is 63.7 Å². The van der Waals surface area contributed by atoms with Crippen LogP contribution in [0.25, 0.3) is 0 Å². The quantitative estimate of drug-likeness (QED) is 0.338. The summed E-state index contributed by atoms with van der Waals surface area (Å²) in [5, 5.41) is 9.74. The molecule has 0 aromatic heterocycles. The van der Waals surface area contributed by atoms with E-state index in [1.54, 1.807) is 0 Å². The predicted molar refractivity (Wildman–Crippen MR) is 151 cm³/mol. The number of carbonyl (C=O) groups excluding carboxylic acids is 3. The van der Waals surface area contributed by atoms with Gasteiger partial charge in [-0.1, -0.05) is 40.2 Å². The van der Waals surface area contributed by atoms with Crippen LogP contribution in [0.5, 0.6) is 0 Å². The molecule has 0 heterocycles. The summed E-state index contributed by atoms with van der Waals surface area (Å²) in [4.78, 5) is 47.8. The summed E-state index contributed by atoms with van der Waals surface area (Å²) in [7, 11) is 2.76. The summed E-state index contributed by atoms with van der Waals surface area (Å²) in [5.74, 6) is 0.0644. The number of methoxy groups -OCH3 is 2. The van der Waals surface area contributed by atoms with Crippen LogP contribution in [-0.4, -0.2) is 49.9 Å². The summed E-state index contributed by atoms with van der Waals surface area (Å²) >= 11 is 0. The van der Waals surface area contributed by atoms with E-state index < -0.39 is 5.97 Å². The predicted octanol–water partition coefficient (Wildman–Crippen LogP) is 5.89. The first-order valence-electron chi connectivity index (χ1n) is 15.2. The fourth-order valence-electron chi connectivity index (χ4n) is 10.4. The van der Waals surface area contributed by atoms with Crippen molar-refractivity contribution < 1.29 is 33.8 Å². The smallest absolute Gasteiger partial charge is 0.331 e. The molecule has 5 aliphatic carbocycles. The van der Waals surface area contributed by atoms with Crippen LogP contribution in [0.15, 0.2) is 11.6 Å². The number of rotatable bonds is 4. The number of esters is 1. The number of ether oxygens (including phenoxy) is 2. The van der Waals surface area contributed by atoms with E-state index in [4.69, 9.17) is 0 Å². The Bertz CT molecular complexity index is 1060. The lowest BCUT2D eigenvalue weighted by atomic mass is 9.36. The lowest BCUT2D eigenvalue weighted by Gasteiger charge is -2.67. The Labute approximate surface area is 239 Å². The number of fused-ring (bicyclic) bond motifs is 7. The van der Waals surface area contributed by atoms with Gasteiger partial charge in [-0.15, -0.1) is 0 Å². The van der Waals surface area contributed by atoms with Crippen molar-refractivity contribution in [2.75, 3.05) is 20.8 Å². The molecule has 224 valence electrons. The second-order valence-corrected chi connectivity index (χ2v) is 14.8. The molecular formula is C33H50O7. The molecular weight excluding hydrogens is 508 g/mol. The number of ketones is 1. The molecule has 0 aromatic carbocycles. The third-order valence-electron chi connectivity index (χ3n) is 12.6. The molecule has 5 rings (SSSR count). The summed E-state index contributed by atoms with van der Waals surface area (Å²) in [6.07, 6.45) is 11.8. The summed E-state index contributed by atoms with van der Waals surface area (Å²) < 4.78 is 8.65. The van der Waals surface area contributed by atoms with Crippen LogP contribution in [0, 0.1) is 57.2 Å². The minimum atomic E-state index is -0.673. The van der Waals surface area contributed by atoms with E-state index in [0.717, 1.165) is 57.7 Å². The fraction of sp³-hybridized carbons (Fsp3) is 0.818. The Morgan fingerprint density at radius 3 is 2.17 bits per heavy atom. The maximum Gasteiger partial charge on any atom is 0.331 e. The van der Waals surface area contributed by atoms with Crippen LogP contribution in [0.3, 0.4) is 0 Å². The van der Waals surface area contributed by atoms with Crippen molar-refractivity contribution in [2.45, 2.75) is 92.4 Å². The standard InChI is InChI=1S/C29H42O4.C4H8O3/c1-26(2)18(16-30)7-12-29(5)23(26)9-13-28(4)20-8-11-27(3)10-6-17(25(32)33)14-21(27)19(20)15-22(31)24(28)29;1-6-3-4(5)7-2/h15-18,20-21,23-24H,6-14H2,1-5H3,(H,32,33);3H2,1-2H3. The normalized spacial score (nSPS) is 43.3. The zero-order valence-electron chi connectivity index (χ0n) is 25.6. The first kappa shape index (κ1) is 30.9. The number of allylic oxidation sites excluding steroid dienone is 2. The zero-order valence-corrected chi connectivity index (χ0v) is 25.6. The van der Waals surface area contributed by atoms with Gasteiger partial charge in [0.15, 0.2) is 5.78 Å². The second kappa shape index (κ2) is 11.0. The van der Waals surface area contributed by atoms with Crippen molar-refractivity contribution in [3.05, 3.63) is 11.6 Å². The highest BCUT2D eigenvalue weighted by Crippen LogP contribution is 2.71. The van der Waals surface area contributed by atoms with Crippen molar-refractivity contribution >= 4 is 24.0 Å². The average Bonchev–Trinajstić information content (AvgIpc) is 2.87. The first-order valence-corrected chi connectivity index (χ1v) is 15.2. The number of carboxylic acids is 1. The van der Waals surface area contributed by atoms with Crippen molar-refractivity contribution in [3.63, 3.8) is 0 Å². The number of carbonyl (C=O) groups is 4. The number of hydrogen-bond acceptors (Lipinski definition) is 6. The molecule has 0 aliphatic heterocycles. The molecule has 5 aliphatic rings. The van der Waals surface area contributed by atoms with Crippen molar-refractivity contribution in [2.24, 2.45) is 57.2 Å². The molecule has 0 aromatic rings. The highest BCUT2D eigenvalue weighted by molar-refractivity contribution is 5.95. The van der Waals surface area contributed by atoms with E-state index >= 15 is 0 Å².